The van der Waals surface area contributed by atoms with Gasteiger partial charge in [-0.25, -0.2) is 26.6 Å². The first-order chi connectivity index (χ1) is 21.2. The Morgan fingerprint density at radius 1 is 1.00 bits per heavy atom. The number of nitrogens with zero attached hydrogens (tertiary/aromatic N) is 3. The highest BCUT2D eigenvalue weighted by molar-refractivity contribution is 7.48. The van der Waals surface area contributed by atoms with Crippen LogP contribution >= 0.6 is 7.82 Å². The molecule has 0 saturated heterocycles. The van der Waals surface area contributed by atoms with Crippen LogP contribution in [0.25, 0.3) is 16.8 Å². The number of amides is 1. The predicted molar refractivity (Wildman–Crippen MR) is 164 cm³/mol. The Balaban J connectivity index is 1.65. The van der Waals surface area contributed by atoms with Crippen LogP contribution in [-0.4, -0.2) is 44.2 Å². The monoisotopic (exact) mass is 665 g/mol. The second kappa shape index (κ2) is 12.7. The molecular formula is C31H36F4N5O5P. The lowest BCUT2D eigenvalue weighted by Gasteiger charge is -2.35. The van der Waals surface area contributed by atoms with Crippen molar-refractivity contribution in [1.29, 1.82) is 0 Å². The molecule has 2 aromatic carbocycles. The quantitative estimate of drug-likeness (QED) is 0.132. The molecular weight excluding hydrogens is 629 g/mol. The molecule has 46 heavy (non-hydrogen) atoms. The van der Waals surface area contributed by atoms with E-state index in [-0.39, 0.29) is 22.6 Å². The number of anilines is 1. The molecule has 4 rings (SSSR count). The van der Waals surface area contributed by atoms with Crippen molar-refractivity contribution in [3.63, 3.8) is 0 Å². The summed E-state index contributed by atoms with van der Waals surface area (Å²) in [5.41, 5.74) is 3.46. The van der Waals surface area contributed by atoms with Crippen molar-refractivity contribution < 1.29 is 40.5 Å². The Morgan fingerprint density at radius 2 is 1.61 bits per heavy atom. The van der Waals surface area contributed by atoms with Crippen LogP contribution in [0.4, 0.5) is 23.5 Å². The highest BCUT2D eigenvalue weighted by atomic mass is 31.2. The van der Waals surface area contributed by atoms with Crippen LogP contribution in [0.1, 0.15) is 69.1 Å². The number of hydrogen-bond donors (Lipinski definition) is 2. The second-order valence-electron chi connectivity index (χ2n) is 12.6. The average Bonchev–Trinajstić information content (AvgIpc) is 3.28. The summed E-state index contributed by atoms with van der Waals surface area (Å²) in [4.78, 5) is 17.3. The Morgan fingerprint density at radius 3 is 2.20 bits per heavy atom. The van der Waals surface area contributed by atoms with Crippen LogP contribution in [0.15, 0.2) is 54.7 Å². The summed E-state index contributed by atoms with van der Waals surface area (Å²) in [6.45, 7) is 9.27. The van der Waals surface area contributed by atoms with Crippen molar-refractivity contribution in [3.05, 3.63) is 83.1 Å². The van der Waals surface area contributed by atoms with Crippen LogP contribution in [-0.2, 0) is 18.1 Å². The molecule has 1 atom stereocenters. The molecule has 0 fully saturated rings. The molecule has 0 spiro atoms. The maximum absolute atomic E-state index is 16.1. The Kier molecular flexibility index (Phi) is 9.71. The van der Waals surface area contributed by atoms with E-state index in [4.69, 9.17) is 19.3 Å². The zero-order valence-electron chi connectivity index (χ0n) is 26.4. The van der Waals surface area contributed by atoms with Crippen molar-refractivity contribution in [2.45, 2.75) is 71.7 Å². The van der Waals surface area contributed by atoms with Gasteiger partial charge in [0.15, 0.2) is 11.8 Å². The number of phosphoric ester groups is 1. The van der Waals surface area contributed by atoms with Crippen LogP contribution in [0.2, 0.25) is 0 Å². The van der Waals surface area contributed by atoms with E-state index in [1.54, 1.807) is 0 Å². The van der Waals surface area contributed by atoms with Gasteiger partial charge >= 0.3 is 7.82 Å². The Hall–Kier alpha value is -3.84. The van der Waals surface area contributed by atoms with E-state index in [1.165, 1.54) is 83.4 Å². The number of carbonyl (C=O) groups excluding carboxylic acids is 1. The zero-order chi connectivity index (χ0) is 34.2. The minimum absolute atomic E-state index is 0.0109. The molecule has 0 radical (unpaired) electrons. The van der Waals surface area contributed by atoms with Gasteiger partial charge in [0.05, 0.1) is 23.3 Å². The average molecular weight is 666 g/mol. The number of aromatic nitrogens is 3. The predicted octanol–water partition coefficient (Wildman–Crippen LogP) is 7.43. The first-order valence-corrected chi connectivity index (χ1v) is 15.7. The number of nitrogen functional groups attached to an aromatic ring is 1. The van der Waals surface area contributed by atoms with Crippen LogP contribution in [0, 0.1) is 18.6 Å². The van der Waals surface area contributed by atoms with Gasteiger partial charge in [-0.3, -0.25) is 18.4 Å². The normalized spacial score (nSPS) is 13.6. The van der Waals surface area contributed by atoms with E-state index < -0.39 is 60.7 Å². The Labute approximate surface area is 263 Å². The highest BCUT2D eigenvalue weighted by Crippen LogP contribution is 2.60. The lowest BCUT2D eigenvalue weighted by molar-refractivity contribution is -0.116. The molecule has 2 aromatic heterocycles. The smallest absolute Gasteiger partial charge is 0.366 e. The van der Waals surface area contributed by atoms with Crippen molar-refractivity contribution in [2.75, 3.05) is 12.3 Å². The third kappa shape index (κ3) is 8.49. The number of halogens is 4. The SMILES string of the molecule is Cc1ccc(-c2ccn3nc(N)nc3c2)c(F)c1C(=O)NCC(F)(F)C(OP(=O)(OC(C)(C)C)OC(C)(C)C)c1ccc(F)cc1. The number of pyridine rings is 1. The summed E-state index contributed by atoms with van der Waals surface area (Å²) >= 11 is 0. The van der Waals surface area contributed by atoms with Crippen molar-refractivity contribution in [3.8, 4) is 11.1 Å². The van der Waals surface area contributed by atoms with Gasteiger partial charge in [-0.2, -0.15) is 4.98 Å². The number of nitrogens with one attached hydrogen (secondary N) is 1. The maximum atomic E-state index is 16.1. The van der Waals surface area contributed by atoms with E-state index in [9.17, 15) is 13.8 Å². The van der Waals surface area contributed by atoms with Crippen LogP contribution in [0.3, 0.4) is 0 Å². The molecule has 2 heterocycles. The van der Waals surface area contributed by atoms with E-state index in [2.05, 4.69) is 15.4 Å². The Bertz CT molecular complexity index is 1770. The van der Waals surface area contributed by atoms with Crippen molar-refractivity contribution >= 4 is 25.3 Å². The van der Waals surface area contributed by atoms with Crippen LogP contribution < -0.4 is 11.1 Å². The number of nitrogens with two attached hydrogens (primary N) is 1. The van der Waals surface area contributed by atoms with Crippen molar-refractivity contribution in [2.24, 2.45) is 0 Å². The van der Waals surface area contributed by atoms with Crippen molar-refractivity contribution in [1.82, 2.24) is 19.9 Å². The number of fused-ring (bicyclic) bond motifs is 1. The molecule has 0 bridgehead atoms. The first kappa shape index (κ1) is 35.0. The van der Waals surface area contributed by atoms with Gasteiger partial charge in [-0.05, 0) is 89.4 Å². The fourth-order valence-electron chi connectivity index (χ4n) is 4.50. The number of alkyl halides is 2. The molecule has 10 nitrogen and oxygen atoms in total. The van der Waals surface area contributed by atoms with Crippen LogP contribution in [0.5, 0.6) is 0 Å². The summed E-state index contributed by atoms with van der Waals surface area (Å²) in [6, 6.07) is 9.88. The molecule has 3 N–H and O–H groups in total. The standard InChI is InChI=1S/C31H36F4N5O5P/c1-18-8-13-22(20-14-15-40-23(16-20)38-28(36)39-40)25(33)24(18)27(41)37-17-31(34,35)26(19-9-11-21(32)12-10-19)43-46(42,44-29(2,3)4)45-30(5,6)7/h8-16,26H,17H2,1-7H3,(H2,36,39)(H,37,41). The second-order valence-corrected chi connectivity index (χ2v) is 14.1. The number of rotatable bonds is 10. The summed E-state index contributed by atoms with van der Waals surface area (Å²) in [7, 11) is -4.74. The molecule has 1 amide bonds. The molecule has 248 valence electrons. The van der Waals surface area contributed by atoms with Gasteiger partial charge in [0.25, 0.3) is 11.8 Å². The lowest BCUT2D eigenvalue weighted by atomic mass is 9.98. The fraction of sp³-hybridized carbons (Fsp3) is 0.387. The molecule has 0 saturated carbocycles. The third-order valence-electron chi connectivity index (χ3n) is 6.29. The topological polar surface area (TPSA) is 130 Å². The van der Waals surface area contributed by atoms with E-state index in [1.807, 2.05) is 0 Å². The van der Waals surface area contributed by atoms with E-state index in [0.717, 1.165) is 24.3 Å². The lowest BCUT2D eigenvalue weighted by Crippen LogP contribution is -2.42. The fourth-order valence-corrected chi connectivity index (χ4v) is 6.50. The van der Waals surface area contributed by atoms with Gasteiger partial charge in [0.2, 0.25) is 5.95 Å². The number of carbonyl (C=O) groups is 1. The first-order valence-electron chi connectivity index (χ1n) is 14.2. The van der Waals surface area contributed by atoms with Gasteiger partial charge in [0.1, 0.15) is 11.6 Å². The van der Waals surface area contributed by atoms with Gasteiger partial charge in [-0.15, -0.1) is 5.10 Å². The summed E-state index contributed by atoms with van der Waals surface area (Å²) in [5, 5.41) is 6.05. The number of aryl methyl sites for hydroxylation is 1. The van der Waals surface area contributed by atoms with E-state index in [0.29, 0.717) is 11.2 Å². The number of phosphoric acid groups is 1. The zero-order valence-corrected chi connectivity index (χ0v) is 27.3. The van der Waals surface area contributed by atoms with Gasteiger partial charge in [-0.1, -0.05) is 24.3 Å². The number of benzene rings is 2. The van der Waals surface area contributed by atoms with E-state index >= 15 is 13.2 Å². The molecule has 0 aliphatic rings. The molecule has 0 aliphatic carbocycles. The summed E-state index contributed by atoms with van der Waals surface area (Å²) in [6.07, 6.45) is -0.835. The third-order valence-corrected chi connectivity index (χ3v) is 8.30. The summed E-state index contributed by atoms with van der Waals surface area (Å²) < 4.78 is 93.4. The largest absolute Gasteiger partial charge is 0.476 e. The highest BCUT2D eigenvalue weighted by Gasteiger charge is 2.49. The minimum atomic E-state index is -4.74. The number of hydrogen-bond acceptors (Lipinski definition) is 8. The van der Waals surface area contributed by atoms with Gasteiger partial charge < -0.3 is 11.1 Å². The van der Waals surface area contributed by atoms with Gasteiger partial charge in [0, 0.05) is 11.8 Å². The summed E-state index contributed by atoms with van der Waals surface area (Å²) in [5.74, 6) is -6.78. The maximum Gasteiger partial charge on any atom is 0.476 e. The molecule has 0 aliphatic heterocycles. The molecule has 4 aromatic rings. The minimum Gasteiger partial charge on any atom is -0.366 e. The molecule has 15 heteroatoms. The molecule has 1 unspecified atom stereocenters.